The van der Waals surface area contributed by atoms with Crippen LogP contribution in [0.4, 0.5) is 5.69 Å². The highest BCUT2D eigenvalue weighted by molar-refractivity contribution is 7.88. The van der Waals surface area contributed by atoms with Gasteiger partial charge in [0.1, 0.15) is 9.22 Å². The Hall–Kier alpha value is -1.67. The number of aromatic nitrogens is 2. The number of aromatic amines is 1. The Balaban J connectivity index is 1.78. The quantitative estimate of drug-likeness (QED) is 0.409. The summed E-state index contributed by atoms with van der Waals surface area (Å²) in [6, 6.07) is 12.0. The largest absolute Gasteiger partial charge is 0.351 e. The van der Waals surface area contributed by atoms with Crippen molar-refractivity contribution in [2.45, 2.75) is 17.0 Å². The Morgan fingerprint density at radius 2 is 2.19 bits per heavy atom. The first-order valence-corrected chi connectivity index (χ1v) is 11.4. The average molecular weight is 422 g/mol. The number of thiazole rings is 1. The van der Waals surface area contributed by atoms with Gasteiger partial charge in [-0.3, -0.25) is 4.31 Å². The van der Waals surface area contributed by atoms with Gasteiger partial charge in [-0.1, -0.05) is 18.2 Å². The van der Waals surface area contributed by atoms with Crippen molar-refractivity contribution >= 4 is 61.9 Å². The van der Waals surface area contributed by atoms with Crippen molar-refractivity contribution in [1.82, 2.24) is 9.97 Å². The number of anilines is 1. The smallest absolute Gasteiger partial charge is 0.163 e. The second-order valence-corrected chi connectivity index (χ2v) is 9.53. The molecule has 0 spiro atoms. The Morgan fingerprint density at radius 1 is 1.31 bits per heavy atom. The zero-order valence-corrected chi connectivity index (χ0v) is 17.1. The number of nitrogens with one attached hydrogen (secondary N) is 1. The van der Waals surface area contributed by atoms with Gasteiger partial charge in [0.25, 0.3) is 0 Å². The topological polar surface area (TPSA) is 49.0 Å². The molecule has 0 aliphatic carbocycles. The van der Waals surface area contributed by atoms with Crippen LogP contribution in [0, 0.1) is 0 Å². The van der Waals surface area contributed by atoms with E-state index in [1.807, 2.05) is 47.1 Å². The first-order chi connectivity index (χ1) is 12.7. The first kappa shape index (κ1) is 17.7. The van der Waals surface area contributed by atoms with E-state index in [1.165, 1.54) is 11.3 Å². The Morgan fingerprint density at radius 3 is 2.88 bits per heavy atom. The van der Waals surface area contributed by atoms with Crippen LogP contribution >= 0.6 is 34.3 Å². The van der Waals surface area contributed by atoms with Gasteiger partial charge in [0.15, 0.2) is 11.0 Å². The lowest BCUT2D eigenvalue weighted by Gasteiger charge is -2.21. The molecule has 0 aliphatic heterocycles. The zero-order valence-electron chi connectivity index (χ0n) is 13.9. The standard InChI is InChI=1S/C18H16ClN3OS3/c1-2-22(26(23)16-7-4-8-24-16)15-6-3-5-12-9-14(21-17(12)15)18-20-11-13(10-19)25-18/h3-9,11,21H,2,10H2,1H3. The van der Waals surface area contributed by atoms with Crippen molar-refractivity contribution in [1.29, 1.82) is 0 Å². The summed E-state index contributed by atoms with van der Waals surface area (Å²) in [5.41, 5.74) is 2.85. The fraction of sp³-hybridized carbons (Fsp3) is 0.167. The van der Waals surface area contributed by atoms with E-state index in [4.69, 9.17) is 11.6 Å². The Bertz CT molecular complexity index is 1050. The molecule has 134 valence electrons. The van der Waals surface area contributed by atoms with Crippen LogP contribution in [0.5, 0.6) is 0 Å². The van der Waals surface area contributed by atoms with Crippen LogP contribution in [0.15, 0.2) is 52.2 Å². The van der Waals surface area contributed by atoms with E-state index in [0.29, 0.717) is 12.4 Å². The van der Waals surface area contributed by atoms with Gasteiger partial charge in [-0.2, -0.15) is 0 Å². The van der Waals surface area contributed by atoms with E-state index in [2.05, 4.69) is 22.1 Å². The van der Waals surface area contributed by atoms with E-state index in [-0.39, 0.29) is 0 Å². The van der Waals surface area contributed by atoms with Crippen LogP contribution in [-0.4, -0.2) is 20.7 Å². The van der Waals surface area contributed by atoms with Crippen LogP contribution in [0.1, 0.15) is 11.8 Å². The molecule has 3 aromatic heterocycles. The summed E-state index contributed by atoms with van der Waals surface area (Å²) in [6.07, 6.45) is 1.81. The van der Waals surface area contributed by atoms with E-state index in [9.17, 15) is 4.21 Å². The lowest BCUT2D eigenvalue weighted by Crippen LogP contribution is -2.25. The fourth-order valence-corrected chi connectivity index (χ4v) is 5.96. The van der Waals surface area contributed by atoms with Crippen LogP contribution in [0.3, 0.4) is 0 Å². The third-order valence-electron chi connectivity index (χ3n) is 3.97. The van der Waals surface area contributed by atoms with E-state index in [0.717, 1.165) is 36.4 Å². The molecule has 0 fully saturated rings. The molecule has 0 aliphatic rings. The van der Waals surface area contributed by atoms with Crippen molar-refractivity contribution in [3.63, 3.8) is 0 Å². The molecule has 0 amide bonds. The maximum absolute atomic E-state index is 13.0. The maximum Gasteiger partial charge on any atom is 0.163 e. The van der Waals surface area contributed by atoms with Gasteiger partial charge in [-0.15, -0.1) is 34.3 Å². The predicted molar refractivity (Wildman–Crippen MR) is 113 cm³/mol. The van der Waals surface area contributed by atoms with Gasteiger partial charge in [0.05, 0.1) is 22.8 Å². The van der Waals surface area contributed by atoms with Crippen LogP contribution in [0.25, 0.3) is 21.6 Å². The molecular formula is C18H16ClN3OS3. The number of benzene rings is 1. The summed E-state index contributed by atoms with van der Waals surface area (Å²) >= 11 is 8.98. The Kier molecular flexibility index (Phi) is 5.13. The molecule has 3 heterocycles. The number of rotatable bonds is 6. The number of nitrogens with zero attached hydrogens (tertiary/aromatic N) is 2. The monoisotopic (exact) mass is 421 g/mol. The molecule has 26 heavy (non-hydrogen) atoms. The Labute approximate surface area is 167 Å². The van der Waals surface area contributed by atoms with Gasteiger partial charge in [0, 0.05) is 23.0 Å². The predicted octanol–water partition coefficient (Wildman–Crippen LogP) is 5.64. The minimum Gasteiger partial charge on any atom is -0.351 e. The molecule has 8 heteroatoms. The van der Waals surface area contributed by atoms with Crippen molar-refractivity contribution < 1.29 is 4.21 Å². The highest BCUT2D eigenvalue weighted by atomic mass is 35.5. The SMILES string of the molecule is CCN(c1cccc2cc(-c3ncc(CCl)s3)[nH]c12)S(=O)c1cccs1. The third kappa shape index (κ3) is 3.20. The second kappa shape index (κ2) is 7.52. The van der Waals surface area contributed by atoms with Crippen LogP contribution in [-0.2, 0) is 16.9 Å². The summed E-state index contributed by atoms with van der Waals surface area (Å²) in [5, 5.41) is 3.93. The second-order valence-electron chi connectivity index (χ2n) is 5.57. The normalized spacial score (nSPS) is 12.5. The molecule has 4 aromatic rings. The molecule has 4 rings (SSSR count). The van der Waals surface area contributed by atoms with Crippen LogP contribution < -0.4 is 4.31 Å². The van der Waals surface area contributed by atoms with E-state index >= 15 is 0 Å². The minimum absolute atomic E-state index is 0.465. The van der Waals surface area contributed by atoms with Gasteiger partial charge in [0.2, 0.25) is 0 Å². The first-order valence-electron chi connectivity index (χ1n) is 8.07. The van der Waals surface area contributed by atoms with Crippen molar-refractivity contribution in [3.05, 3.63) is 52.9 Å². The number of thiophene rings is 1. The molecule has 4 nitrogen and oxygen atoms in total. The molecule has 1 aromatic carbocycles. The maximum atomic E-state index is 13.0. The highest BCUT2D eigenvalue weighted by Gasteiger charge is 2.19. The average Bonchev–Trinajstić information content (AvgIpc) is 3.41. The summed E-state index contributed by atoms with van der Waals surface area (Å²) < 4.78 is 15.8. The molecular weight excluding hydrogens is 406 g/mol. The third-order valence-corrected chi connectivity index (χ3v) is 8.16. The van der Waals surface area contributed by atoms with Gasteiger partial charge >= 0.3 is 0 Å². The van der Waals surface area contributed by atoms with E-state index in [1.54, 1.807) is 11.3 Å². The van der Waals surface area contributed by atoms with Crippen LogP contribution in [0.2, 0.25) is 0 Å². The number of halogens is 1. The van der Waals surface area contributed by atoms with Gasteiger partial charge in [-0.25, -0.2) is 9.19 Å². The molecule has 1 unspecified atom stereocenters. The van der Waals surface area contributed by atoms with E-state index < -0.39 is 11.0 Å². The molecule has 1 atom stereocenters. The number of H-pyrrole nitrogens is 1. The molecule has 1 N–H and O–H groups in total. The van der Waals surface area contributed by atoms with Crippen molar-refractivity contribution in [2.75, 3.05) is 10.8 Å². The summed E-state index contributed by atoms with van der Waals surface area (Å²) in [4.78, 5) is 8.96. The molecule has 0 saturated heterocycles. The lowest BCUT2D eigenvalue weighted by atomic mass is 10.2. The number of para-hydroxylation sites is 1. The zero-order chi connectivity index (χ0) is 18.1. The fourth-order valence-electron chi connectivity index (χ4n) is 2.81. The van der Waals surface area contributed by atoms with Gasteiger partial charge in [-0.05, 0) is 30.5 Å². The molecule has 0 radical (unpaired) electrons. The van der Waals surface area contributed by atoms with Crippen molar-refractivity contribution in [2.24, 2.45) is 0 Å². The van der Waals surface area contributed by atoms with Gasteiger partial charge < -0.3 is 4.98 Å². The number of alkyl halides is 1. The molecule has 0 bridgehead atoms. The lowest BCUT2D eigenvalue weighted by molar-refractivity contribution is 0.681. The number of fused-ring (bicyclic) bond motifs is 1. The summed E-state index contributed by atoms with van der Waals surface area (Å²) in [7, 11) is -1.23. The minimum atomic E-state index is -1.23. The summed E-state index contributed by atoms with van der Waals surface area (Å²) in [5.74, 6) is 0.465. The molecule has 0 saturated carbocycles. The highest BCUT2D eigenvalue weighted by Crippen LogP contribution is 2.34. The number of hydrogen-bond donors (Lipinski definition) is 1. The summed E-state index contributed by atoms with van der Waals surface area (Å²) in [6.45, 7) is 2.66. The number of hydrogen-bond acceptors (Lipinski definition) is 4. The van der Waals surface area contributed by atoms with Crippen molar-refractivity contribution in [3.8, 4) is 10.7 Å².